The SMILES string of the molecule is CC1CCN(C(=O)c2cnn(-c3nccc(-c4ccc5c(c4)OCO5)n3)c2C2CC2)CC1. The number of carbonyl (C=O) groups is 1. The molecule has 164 valence electrons. The summed E-state index contributed by atoms with van der Waals surface area (Å²) in [6.45, 7) is 4.11. The molecule has 0 bridgehead atoms. The lowest BCUT2D eigenvalue weighted by atomic mass is 9.98. The first-order valence-electron chi connectivity index (χ1n) is 11.3. The van der Waals surface area contributed by atoms with Crippen LogP contribution in [0.15, 0.2) is 36.7 Å². The first-order valence-corrected chi connectivity index (χ1v) is 11.3. The Hall–Kier alpha value is -3.42. The van der Waals surface area contributed by atoms with Crippen molar-refractivity contribution in [3.63, 3.8) is 0 Å². The van der Waals surface area contributed by atoms with Gasteiger partial charge in [-0.2, -0.15) is 5.10 Å². The lowest BCUT2D eigenvalue weighted by Gasteiger charge is -2.30. The zero-order chi connectivity index (χ0) is 21.7. The van der Waals surface area contributed by atoms with Gasteiger partial charge in [-0.1, -0.05) is 6.92 Å². The maximum absolute atomic E-state index is 13.3. The van der Waals surface area contributed by atoms with Crippen molar-refractivity contribution in [2.75, 3.05) is 19.9 Å². The molecule has 8 heteroatoms. The summed E-state index contributed by atoms with van der Waals surface area (Å²) in [7, 11) is 0. The van der Waals surface area contributed by atoms with Crippen LogP contribution in [0.25, 0.3) is 17.2 Å². The van der Waals surface area contributed by atoms with E-state index in [4.69, 9.17) is 14.5 Å². The number of benzene rings is 1. The molecule has 3 aromatic rings. The lowest BCUT2D eigenvalue weighted by molar-refractivity contribution is 0.0696. The van der Waals surface area contributed by atoms with Crippen LogP contribution in [0.3, 0.4) is 0 Å². The highest BCUT2D eigenvalue weighted by Gasteiger charge is 2.35. The molecule has 0 spiro atoms. The summed E-state index contributed by atoms with van der Waals surface area (Å²) in [6, 6.07) is 7.63. The van der Waals surface area contributed by atoms with Crippen molar-refractivity contribution in [1.29, 1.82) is 0 Å². The van der Waals surface area contributed by atoms with Crippen LogP contribution in [0.5, 0.6) is 11.5 Å². The fourth-order valence-corrected chi connectivity index (χ4v) is 4.48. The van der Waals surface area contributed by atoms with Crippen LogP contribution in [-0.4, -0.2) is 50.4 Å². The van der Waals surface area contributed by atoms with Gasteiger partial charge < -0.3 is 14.4 Å². The van der Waals surface area contributed by atoms with Gasteiger partial charge in [0.25, 0.3) is 11.9 Å². The second-order valence-corrected chi connectivity index (χ2v) is 8.91. The molecule has 2 aromatic heterocycles. The normalized spacial score (nSPS) is 18.2. The summed E-state index contributed by atoms with van der Waals surface area (Å²) in [5.41, 5.74) is 3.32. The molecule has 0 unspecified atom stereocenters. The molecular formula is C24H25N5O3. The average Bonchev–Trinajstić information content (AvgIpc) is 3.39. The smallest absolute Gasteiger partial charge is 0.257 e. The van der Waals surface area contributed by atoms with E-state index in [1.54, 1.807) is 17.1 Å². The third-order valence-electron chi connectivity index (χ3n) is 6.57. The highest BCUT2D eigenvalue weighted by molar-refractivity contribution is 5.95. The molecule has 0 N–H and O–H groups in total. The molecule has 0 atom stereocenters. The van der Waals surface area contributed by atoms with E-state index in [0.29, 0.717) is 29.1 Å². The van der Waals surface area contributed by atoms with Crippen molar-refractivity contribution in [2.24, 2.45) is 5.92 Å². The van der Waals surface area contributed by atoms with E-state index in [0.717, 1.165) is 61.5 Å². The van der Waals surface area contributed by atoms with Gasteiger partial charge in [0.2, 0.25) is 6.79 Å². The summed E-state index contributed by atoms with van der Waals surface area (Å²) < 4.78 is 12.7. The Balaban J connectivity index is 1.34. The molecular weight excluding hydrogens is 406 g/mol. The first kappa shape index (κ1) is 19.3. The Morgan fingerprint density at radius 3 is 2.69 bits per heavy atom. The highest BCUT2D eigenvalue weighted by Crippen LogP contribution is 2.43. The fraction of sp³-hybridized carbons (Fsp3) is 0.417. The molecule has 0 radical (unpaired) electrons. The maximum Gasteiger partial charge on any atom is 0.257 e. The van der Waals surface area contributed by atoms with E-state index in [9.17, 15) is 4.79 Å². The van der Waals surface area contributed by atoms with Crippen molar-refractivity contribution in [1.82, 2.24) is 24.6 Å². The standard InChI is InChI=1S/C24H25N5O3/c1-15-7-10-28(11-8-15)23(30)18-13-26-29(22(18)16-2-3-16)24-25-9-6-19(27-24)17-4-5-20-21(12-17)32-14-31-20/h4-6,9,12-13,15-16H,2-3,7-8,10-11,14H2,1H3. The van der Waals surface area contributed by atoms with E-state index in [-0.39, 0.29) is 12.7 Å². The van der Waals surface area contributed by atoms with Crippen molar-refractivity contribution >= 4 is 5.91 Å². The van der Waals surface area contributed by atoms with Gasteiger partial charge >= 0.3 is 0 Å². The minimum Gasteiger partial charge on any atom is -0.454 e. The molecule has 32 heavy (non-hydrogen) atoms. The topological polar surface area (TPSA) is 82.4 Å². The molecule has 8 nitrogen and oxygen atoms in total. The summed E-state index contributed by atoms with van der Waals surface area (Å²) in [5.74, 6) is 3.02. The van der Waals surface area contributed by atoms with Gasteiger partial charge in [-0.25, -0.2) is 14.6 Å². The van der Waals surface area contributed by atoms with Crippen molar-refractivity contribution in [3.8, 4) is 28.7 Å². The van der Waals surface area contributed by atoms with Crippen LogP contribution < -0.4 is 9.47 Å². The second-order valence-electron chi connectivity index (χ2n) is 8.91. The Morgan fingerprint density at radius 2 is 1.88 bits per heavy atom. The third-order valence-corrected chi connectivity index (χ3v) is 6.57. The van der Waals surface area contributed by atoms with Crippen molar-refractivity contribution in [2.45, 2.75) is 38.5 Å². The van der Waals surface area contributed by atoms with Gasteiger partial charge in [0.15, 0.2) is 11.5 Å². The molecule has 3 aliphatic rings. The zero-order valence-electron chi connectivity index (χ0n) is 18.0. The van der Waals surface area contributed by atoms with Gasteiger partial charge in [-0.05, 0) is 55.9 Å². The first-order chi connectivity index (χ1) is 15.7. The minimum atomic E-state index is 0.0805. The van der Waals surface area contributed by atoms with Crippen LogP contribution in [0.1, 0.15) is 54.6 Å². The maximum atomic E-state index is 13.3. The quantitative estimate of drug-likeness (QED) is 0.625. The molecule has 2 fully saturated rings. The number of fused-ring (bicyclic) bond motifs is 1. The van der Waals surface area contributed by atoms with E-state index >= 15 is 0 Å². The molecule has 1 aromatic carbocycles. The predicted octanol–water partition coefficient (Wildman–Crippen LogP) is 3.81. The van der Waals surface area contributed by atoms with Crippen molar-refractivity contribution < 1.29 is 14.3 Å². The van der Waals surface area contributed by atoms with Crippen LogP contribution >= 0.6 is 0 Å². The number of aromatic nitrogens is 4. The van der Waals surface area contributed by atoms with Gasteiger partial charge in [0, 0.05) is 30.8 Å². The fourth-order valence-electron chi connectivity index (χ4n) is 4.48. The lowest BCUT2D eigenvalue weighted by Crippen LogP contribution is -2.38. The minimum absolute atomic E-state index is 0.0805. The number of hydrogen-bond acceptors (Lipinski definition) is 6. The van der Waals surface area contributed by atoms with Crippen LogP contribution in [-0.2, 0) is 0 Å². The number of nitrogens with zero attached hydrogens (tertiary/aromatic N) is 5. The van der Waals surface area contributed by atoms with E-state index in [1.165, 1.54) is 0 Å². The predicted molar refractivity (Wildman–Crippen MR) is 117 cm³/mol. The Kier molecular flexibility index (Phi) is 4.59. The van der Waals surface area contributed by atoms with Gasteiger partial charge in [-0.15, -0.1) is 0 Å². The average molecular weight is 431 g/mol. The molecule has 1 saturated heterocycles. The number of hydrogen-bond donors (Lipinski definition) is 0. The van der Waals surface area contributed by atoms with Crippen LogP contribution in [0.4, 0.5) is 0 Å². The van der Waals surface area contributed by atoms with Crippen molar-refractivity contribution in [3.05, 3.63) is 47.9 Å². The van der Waals surface area contributed by atoms with E-state index in [2.05, 4.69) is 17.0 Å². The molecule has 2 aliphatic heterocycles. The number of amides is 1. The Bertz CT molecular complexity index is 1180. The zero-order valence-corrected chi connectivity index (χ0v) is 18.0. The monoisotopic (exact) mass is 431 g/mol. The second kappa shape index (κ2) is 7.62. The Labute approximate surface area is 186 Å². The summed E-state index contributed by atoms with van der Waals surface area (Å²) in [4.78, 5) is 24.5. The molecule has 1 amide bonds. The molecule has 1 saturated carbocycles. The number of likely N-dealkylation sites (tertiary alicyclic amines) is 1. The van der Waals surface area contributed by atoms with E-state index in [1.807, 2.05) is 29.2 Å². The number of rotatable bonds is 4. The molecule has 6 rings (SSSR count). The molecule has 4 heterocycles. The summed E-state index contributed by atoms with van der Waals surface area (Å²) in [5, 5.41) is 4.57. The van der Waals surface area contributed by atoms with E-state index < -0.39 is 0 Å². The molecule has 1 aliphatic carbocycles. The number of carbonyl (C=O) groups excluding carboxylic acids is 1. The van der Waals surface area contributed by atoms with Crippen LogP contribution in [0, 0.1) is 5.92 Å². The Morgan fingerprint density at radius 1 is 1.06 bits per heavy atom. The summed E-state index contributed by atoms with van der Waals surface area (Å²) >= 11 is 0. The largest absolute Gasteiger partial charge is 0.454 e. The van der Waals surface area contributed by atoms with Gasteiger partial charge in [0.1, 0.15) is 0 Å². The van der Waals surface area contributed by atoms with Gasteiger partial charge in [0.05, 0.1) is 23.1 Å². The number of piperidine rings is 1. The van der Waals surface area contributed by atoms with Gasteiger partial charge in [-0.3, -0.25) is 4.79 Å². The third kappa shape index (κ3) is 3.39. The highest BCUT2D eigenvalue weighted by atomic mass is 16.7. The number of ether oxygens (including phenoxy) is 2. The summed E-state index contributed by atoms with van der Waals surface area (Å²) in [6.07, 6.45) is 7.66. The van der Waals surface area contributed by atoms with Crippen LogP contribution in [0.2, 0.25) is 0 Å².